The normalized spacial score (nSPS) is 13.0. The van der Waals surface area contributed by atoms with Gasteiger partial charge in [-0.25, -0.2) is 14.8 Å². The Bertz CT molecular complexity index is 1070. The van der Waals surface area contributed by atoms with Gasteiger partial charge in [-0.1, -0.05) is 32.5 Å². The minimum atomic E-state index is -0.545. The lowest BCUT2D eigenvalue weighted by atomic mass is 9.92. The number of rotatable bonds is 4. The molecule has 1 N–H and O–H groups in total. The summed E-state index contributed by atoms with van der Waals surface area (Å²) in [6.07, 6.45) is 0.511. The van der Waals surface area contributed by atoms with Gasteiger partial charge >= 0.3 is 5.69 Å². The van der Waals surface area contributed by atoms with Crippen molar-refractivity contribution in [1.82, 2.24) is 19.1 Å². The highest BCUT2D eigenvalue weighted by molar-refractivity contribution is 8.04. The fraction of sp³-hybridized carbons (Fsp3) is 0.500. The molecule has 2 heterocycles. The van der Waals surface area contributed by atoms with Crippen LogP contribution in [0.3, 0.4) is 0 Å². The van der Waals surface area contributed by atoms with Gasteiger partial charge in [-0.15, -0.1) is 0 Å². The van der Waals surface area contributed by atoms with E-state index in [4.69, 9.17) is 0 Å². The molecule has 2 aromatic rings. The van der Waals surface area contributed by atoms with Crippen LogP contribution in [-0.2, 0) is 25.3 Å². The van der Waals surface area contributed by atoms with Gasteiger partial charge < -0.3 is 5.11 Å². The first-order valence-corrected chi connectivity index (χ1v) is 9.20. The molecule has 0 atom stereocenters. The molecule has 146 valence electrons. The largest absolute Gasteiger partial charge is 0.511 e. The van der Waals surface area contributed by atoms with Crippen molar-refractivity contribution in [1.29, 1.82) is 0 Å². The van der Waals surface area contributed by atoms with E-state index in [9.17, 15) is 19.5 Å². The zero-order valence-electron chi connectivity index (χ0n) is 16.6. The number of thioether (sulfide) groups is 1. The first-order chi connectivity index (χ1) is 12.3. The quantitative estimate of drug-likeness (QED) is 0.367. The molecule has 2 aromatic heterocycles. The van der Waals surface area contributed by atoms with Gasteiger partial charge in [0.05, 0.1) is 4.91 Å². The standard InChI is InChI=1S/C18H24N4O4S/c1-9(23)13(10(2)24)27-15-12-14(19-11(20-15)8-18(3,4)5)21(6)17(26)22(7)16(12)25/h23H,8H2,1-7H3/b13-9+. The third-order valence-corrected chi connectivity index (χ3v) is 5.12. The molecular formula is C18H24N4O4S. The van der Waals surface area contributed by atoms with Crippen LogP contribution in [0.4, 0.5) is 0 Å². The van der Waals surface area contributed by atoms with Gasteiger partial charge in [0.25, 0.3) is 5.56 Å². The number of allylic oxidation sites excluding steroid dienone is 2. The van der Waals surface area contributed by atoms with E-state index in [1.54, 1.807) is 0 Å². The van der Waals surface area contributed by atoms with Gasteiger partial charge in [-0.3, -0.25) is 18.7 Å². The number of ketones is 1. The highest BCUT2D eigenvalue weighted by Gasteiger charge is 2.22. The molecule has 0 unspecified atom stereocenters. The van der Waals surface area contributed by atoms with Crippen molar-refractivity contribution >= 4 is 28.6 Å². The molecule has 0 aliphatic heterocycles. The number of carbonyl (C=O) groups is 1. The van der Waals surface area contributed by atoms with Gasteiger partial charge in [-0.2, -0.15) is 0 Å². The minimum Gasteiger partial charge on any atom is -0.511 e. The van der Waals surface area contributed by atoms with Crippen LogP contribution < -0.4 is 11.2 Å². The van der Waals surface area contributed by atoms with E-state index < -0.39 is 11.2 Å². The van der Waals surface area contributed by atoms with E-state index in [-0.39, 0.29) is 37.9 Å². The lowest BCUT2D eigenvalue weighted by Crippen LogP contribution is -2.38. The maximum atomic E-state index is 12.7. The van der Waals surface area contributed by atoms with E-state index >= 15 is 0 Å². The summed E-state index contributed by atoms with van der Waals surface area (Å²) in [5.41, 5.74) is -0.959. The van der Waals surface area contributed by atoms with Crippen molar-refractivity contribution in [3.05, 3.63) is 37.3 Å². The first-order valence-electron chi connectivity index (χ1n) is 8.38. The second kappa shape index (κ2) is 7.30. The van der Waals surface area contributed by atoms with Crippen LogP contribution in [0.1, 0.15) is 40.4 Å². The Balaban J connectivity index is 2.91. The second-order valence-corrected chi connectivity index (χ2v) is 8.66. The van der Waals surface area contributed by atoms with Crippen LogP contribution in [0.2, 0.25) is 0 Å². The molecular weight excluding hydrogens is 368 g/mol. The number of Topliss-reactive ketones (excluding diaryl/α,β-unsaturated/α-hetero) is 1. The molecule has 2 rings (SSSR count). The van der Waals surface area contributed by atoms with Crippen molar-refractivity contribution in [2.75, 3.05) is 0 Å². The average molecular weight is 392 g/mol. The number of aryl methyl sites for hydroxylation is 1. The lowest BCUT2D eigenvalue weighted by molar-refractivity contribution is -0.113. The Labute approximate surface area is 161 Å². The predicted molar refractivity (Wildman–Crippen MR) is 105 cm³/mol. The maximum absolute atomic E-state index is 12.7. The Morgan fingerprint density at radius 3 is 2.19 bits per heavy atom. The van der Waals surface area contributed by atoms with E-state index in [1.165, 1.54) is 32.5 Å². The van der Waals surface area contributed by atoms with E-state index in [2.05, 4.69) is 9.97 Å². The van der Waals surface area contributed by atoms with Crippen LogP contribution in [0.15, 0.2) is 25.3 Å². The molecule has 0 aliphatic rings. The summed E-state index contributed by atoms with van der Waals surface area (Å²) in [7, 11) is 2.91. The SMILES string of the molecule is CC(=O)/C(Sc1nc(CC(C)(C)C)nc2c1c(=O)n(C)c(=O)n2C)=C(/C)O. The zero-order valence-corrected chi connectivity index (χ0v) is 17.4. The highest BCUT2D eigenvalue weighted by atomic mass is 32.2. The van der Waals surface area contributed by atoms with Gasteiger partial charge in [-0.05, 0) is 19.3 Å². The second-order valence-electron chi connectivity index (χ2n) is 7.66. The molecule has 27 heavy (non-hydrogen) atoms. The summed E-state index contributed by atoms with van der Waals surface area (Å²) in [6.45, 7) is 8.80. The van der Waals surface area contributed by atoms with Crippen LogP contribution in [0.25, 0.3) is 11.0 Å². The van der Waals surface area contributed by atoms with Gasteiger partial charge in [0.1, 0.15) is 22.0 Å². The Kier molecular flexibility index (Phi) is 5.65. The fourth-order valence-corrected chi connectivity index (χ4v) is 3.51. The number of hydrogen-bond donors (Lipinski definition) is 1. The van der Waals surface area contributed by atoms with Crippen molar-refractivity contribution < 1.29 is 9.90 Å². The lowest BCUT2D eigenvalue weighted by Gasteiger charge is -2.18. The predicted octanol–water partition coefficient (Wildman–Crippen LogP) is 2.09. The summed E-state index contributed by atoms with van der Waals surface area (Å²) < 4.78 is 2.26. The summed E-state index contributed by atoms with van der Waals surface area (Å²) in [5, 5.41) is 10.2. The van der Waals surface area contributed by atoms with Crippen LogP contribution in [0.5, 0.6) is 0 Å². The third kappa shape index (κ3) is 4.29. The van der Waals surface area contributed by atoms with Crippen molar-refractivity contribution in [3.8, 4) is 0 Å². The van der Waals surface area contributed by atoms with Gasteiger partial charge in [0.2, 0.25) is 0 Å². The topological polar surface area (TPSA) is 107 Å². The van der Waals surface area contributed by atoms with Crippen molar-refractivity contribution in [2.45, 2.75) is 46.1 Å². The summed E-state index contributed by atoms with van der Waals surface area (Å²) in [6, 6.07) is 0. The molecule has 0 amide bonds. The van der Waals surface area contributed by atoms with E-state index in [0.29, 0.717) is 12.2 Å². The van der Waals surface area contributed by atoms with E-state index in [1.807, 2.05) is 20.8 Å². The number of nitrogens with zero attached hydrogens (tertiary/aromatic N) is 4. The third-order valence-electron chi connectivity index (χ3n) is 3.85. The number of fused-ring (bicyclic) bond motifs is 1. The number of aliphatic hydroxyl groups is 1. The number of aromatic nitrogens is 4. The first kappa shape index (κ1) is 20.9. The Hall–Kier alpha value is -2.42. The molecule has 0 bridgehead atoms. The monoisotopic (exact) mass is 392 g/mol. The van der Waals surface area contributed by atoms with Crippen molar-refractivity contribution in [2.24, 2.45) is 19.5 Å². The number of hydrogen-bond acceptors (Lipinski definition) is 7. The highest BCUT2D eigenvalue weighted by Crippen LogP contribution is 2.32. The molecule has 0 spiro atoms. The van der Waals surface area contributed by atoms with Gasteiger partial charge in [0, 0.05) is 20.5 Å². The molecule has 8 nitrogen and oxygen atoms in total. The molecule has 9 heteroatoms. The van der Waals surface area contributed by atoms with Gasteiger partial charge in [0.15, 0.2) is 11.4 Å². The summed E-state index contributed by atoms with van der Waals surface area (Å²) in [4.78, 5) is 46.0. The minimum absolute atomic E-state index is 0.0904. The number of aliphatic hydroxyl groups excluding tert-OH is 1. The fourth-order valence-electron chi connectivity index (χ4n) is 2.60. The van der Waals surface area contributed by atoms with Crippen LogP contribution >= 0.6 is 11.8 Å². The Morgan fingerprint density at radius 2 is 1.70 bits per heavy atom. The summed E-state index contributed by atoms with van der Waals surface area (Å²) >= 11 is 0.912. The molecule has 0 radical (unpaired) electrons. The van der Waals surface area contributed by atoms with E-state index in [0.717, 1.165) is 16.3 Å². The molecule has 0 aromatic carbocycles. The maximum Gasteiger partial charge on any atom is 0.332 e. The zero-order chi connectivity index (χ0) is 20.7. The molecule has 0 saturated carbocycles. The smallest absolute Gasteiger partial charge is 0.332 e. The summed E-state index contributed by atoms with van der Waals surface area (Å²) in [5.74, 6) is -0.0386. The molecule has 0 aliphatic carbocycles. The van der Waals surface area contributed by atoms with Crippen LogP contribution in [-0.4, -0.2) is 30.0 Å². The Morgan fingerprint density at radius 1 is 1.11 bits per heavy atom. The van der Waals surface area contributed by atoms with Crippen molar-refractivity contribution in [3.63, 3.8) is 0 Å². The average Bonchev–Trinajstić information content (AvgIpc) is 2.53. The van der Waals surface area contributed by atoms with Crippen LogP contribution in [0, 0.1) is 5.41 Å². The molecule has 0 fully saturated rings. The number of carbonyl (C=O) groups excluding carboxylic acids is 1. The molecule has 0 saturated heterocycles.